The summed E-state index contributed by atoms with van der Waals surface area (Å²) in [6.45, 7) is 4.75. The van der Waals surface area contributed by atoms with E-state index in [9.17, 15) is 9.59 Å². The molecule has 0 atom stereocenters. The van der Waals surface area contributed by atoms with Crippen LogP contribution in [0.2, 0.25) is 5.02 Å². The SMILES string of the molecule is CC(C)CCN(C)C(=O)Nc1cccc(Cl)c1C(=O)O. The van der Waals surface area contributed by atoms with Crippen LogP contribution in [0.5, 0.6) is 0 Å². The van der Waals surface area contributed by atoms with Crippen molar-refractivity contribution in [1.29, 1.82) is 0 Å². The maximum Gasteiger partial charge on any atom is 0.339 e. The molecule has 1 aromatic carbocycles. The van der Waals surface area contributed by atoms with Crippen LogP contribution in [0, 0.1) is 5.92 Å². The molecule has 20 heavy (non-hydrogen) atoms. The van der Waals surface area contributed by atoms with E-state index in [2.05, 4.69) is 19.2 Å². The zero-order valence-corrected chi connectivity index (χ0v) is 12.6. The molecule has 0 saturated heterocycles. The molecule has 2 amide bonds. The Morgan fingerprint density at radius 3 is 2.60 bits per heavy atom. The molecule has 0 unspecified atom stereocenters. The summed E-state index contributed by atoms with van der Waals surface area (Å²) in [5, 5.41) is 11.8. The van der Waals surface area contributed by atoms with Crippen molar-refractivity contribution >= 4 is 29.3 Å². The number of carboxylic acid groups (broad SMARTS) is 1. The Balaban J connectivity index is 2.80. The molecule has 6 heteroatoms. The highest BCUT2D eigenvalue weighted by atomic mass is 35.5. The van der Waals surface area contributed by atoms with Crippen molar-refractivity contribution in [2.45, 2.75) is 20.3 Å². The Labute approximate surface area is 123 Å². The van der Waals surface area contributed by atoms with Gasteiger partial charge in [-0.2, -0.15) is 0 Å². The molecule has 0 spiro atoms. The number of nitrogens with one attached hydrogen (secondary N) is 1. The molecular weight excluding hydrogens is 280 g/mol. The first-order valence-electron chi connectivity index (χ1n) is 6.36. The van der Waals surface area contributed by atoms with Gasteiger partial charge in [-0.3, -0.25) is 0 Å². The fourth-order valence-electron chi connectivity index (χ4n) is 1.61. The van der Waals surface area contributed by atoms with E-state index < -0.39 is 5.97 Å². The number of amides is 2. The largest absolute Gasteiger partial charge is 0.478 e. The van der Waals surface area contributed by atoms with Gasteiger partial charge in [0.25, 0.3) is 0 Å². The lowest BCUT2D eigenvalue weighted by Crippen LogP contribution is -2.33. The first-order chi connectivity index (χ1) is 9.32. The summed E-state index contributed by atoms with van der Waals surface area (Å²) in [6, 6.07) is 4.24. The minimum atomic E-state index is -1.17. The molecule has 0 saturated carbocycles. The monoisotopic (exact) mass is 298 g/mol. The van der Waals surface area contributed by atoms with Crippen molar-refractivity contribution in [3.8, 4) is 0 Å². The number of benzene rings is 1. The zero-order chi connectivity index (χ0) is 15.3. The smallest absolute Gasteiger partial charge is 0.339 e. The quantitative estimate of drug-likeness (QED) is 0.873. The van der Waals surface area contributed by atoms with Gasteiger partial charge in [0.05, 0.1) is 10.7 Å². The molecule has 0 aliphatic rings. The van der Waals surface area contributed by atoms with E-state index in [0.29, 0.717) is 12.5 Å². The highest BCUT2D eigenvalue weighted by molar-refractivity contribution is 6.34. The third-order valence-corrected chi connectivity index (χ3v) is 3.17. The Bertz CT molecular complexity index is 503. The number of aromatic carboxylic acids is 1. The van der Waals surface area contributed by atoms with Crippen molar-refractivity contribution in [3.63, 3.8) is 0 Å². The number of rotatable bonds is 5. The van der Waals surface area contributed by atoms with E-state index in [4.69, 9.17) is 16.7 Å². The zero-order valence-electron chi connectivity index (χ0n) is 11.8. The second-order valence-corrected chi connectivity index (χ2v) is 5.41. The minimum absolute atomic E-state index is 0.0973. The van der Waals surface area contributed by atoms with Crippen molar-refractivity contribution in [3.05, 3.63) is 28.8 Å². The van der Waals surface area contributed by atoms with Gasteiger partial charge in [0.1, 0.15) is 5.56 Å². The van der Waals surface area contributed by atoms with E-state index in [1.165, 1.54) is 17.0 Å². The van der Waals surface area contributed by atoms with Crippen LogP contribution in [0.1, 0.15) is 30.6 Å². The summed E-state index contributed by atoms with van der Waals surface area (Å²) >= 11 is 5.84. The number of urea groups is 1. The van der Waals surface area contributed by atoms with Crippen LogP contribution in [0.25, 0.3) is 0 Å². The van der Waals surface area contributed by atoms with Crippen LogP contribution in [0.3, 0.4) is 0 Å². The van der Waals surface area contributed by atoms with Gasteiger partial charge < -0.3 is 15.3 Å². The third-order valence-electron chi connectivity index (χ3n) is 2.86. The minimum Gasteiger partial charge on any atom is -0.478 e. The number of carbonyl (C=O) groups is 2. The molecule has 0 radical (unpaired) electrons. The van der Waals surface area contributed by atoms with Gasteiger partial charge in [-0.15, -0.1) is 0 Å². The van der Waals surface area contributed by atoms with Crippen LogP contribution in [0.15, 0.2) is 18.2 Å². The average Bonchev–Trinajstić information content (AvgIpc) is 2.35. The fraction of sp³-hybridized carbons (Fsp3) is 0.429. The second kappa shape index (κ2) is 7.14. The first kappa shape index (κ1) is 16.3. The van der Waals surface area contributed by atoms with Gasteiger partial charge >= 0.3 is 12.0 Å². The molecule has 110 valence electrons. The lowest BCUT2D eigenvalue weighted by Gasteiger charge is -2.19. The van der Waals surface area contributed by atoms with Crippen molar-refractivity contribution < 1.29 is 14.7 Å². The van der Waals surface area contributed by atoms with Crippen LogP contribution in [-0.4, -0.2) is 35.6 Å². The maximum atomic E-state index is 12.0. The number of anilines is 1. The lowest BCUT2D eigenvalue weighted by atomic mass is 10.1. The highest BCUT2D eigenvalue weighted by Gasteiger charge is 2.17. The fourth-order valence-corrected chi connectivity index (χ4v) is 1.87. The number of hydrogen-bond acceptors (Lipinski definition) is 2. The van der Waals surface area contributed by atoms with Crippen molar-refractivity contribution in [1.82, 2.24) is 4.90 Å². The number of carbonyl (C=O) groups excluding carboxylic acids is 1. The lowest BCUT2D eigenvalue weighted by molar-refractivity contribution is 0.0698. The van der Waals surface area contributed by atoms with Crippen LogP contribution < -0.4 is 5.32 Å². The van der Waals surface area contributed by atoms with E-state index in [1.54, 1.807) is 13.1 Å². The second-order valence-electron chi connectivity index (χ2n) is 5.00. The van der Waals surface area contributed by atoms with Gasteiger partial charge in [-0.1, -0.05) is 31.5 Å². The molecule has 0 fully saturated rings. The van der Waals surface area contributed by atoms with E-state index in [0.717, 1.165) is 6.42 Å². The average molecular weight is 299 g/mol. The molecule has 0 bridgehead atoms. The van der Waals surface area contributed by atoms with Gasteiger partial charge in [0, 0.05) is 13.6 Å². The molecular formula is C14H19ClN2O3. The summed E-state index contributed by atoms with van der Waals surface area (Å²) in [7, 11) is 1.67. The summed E-state index contributed by atoms with van der Waals surface area (Å²) < 4.78 is 0. The predicted molar refractivity (Wildman–Crippen MR) is 79.5 cm³/mol. The molecule has 5 nitrogen and oxygen atoms in total. The highest BCUT2D eigenvalue weighted by Crippen LogP contribution is 2.24. The van der Waals surface area contributed by atoms with E-state index >= 15 is 0 Å². The summed E-state index contributed by atoms with van der Waals surface area (Å²) in [5.41, 5.74) is 0.103. The van der Waals surface area contributed by atoms with E-state index in [1.807, 2.05) is 0 Å². The molecule has 0 aromatic heterocycles. The molecule has 2 N–H and O–H groups in total. The molecule has 0 aliphatic carbocycles. The summed E-state index contributed by atoms with van der Waals surface area (Å²) in [6.07, 6.45) is 0.880. The van der Waals surface area contributed by atoms with Gasteiger partial charge in [0.15, 0.2) is 0 Å². The predicted octanol–water partition coefficient (Wildman–Crippen LogP) is 3.55. The normalized spacial score (nSPS) is 10.4. The number of nitrogens with zero attached hydrogens (tertiary/aromatic N) is 1. The molecule has 0 aliphatic heterocycles. The number of carboxylic acids is 1. The van der Waals surface area contributed by atoms with Crippen molar-refractivity contribution in [2.24, 2.45) is 5.92 Å². The maximum absolute atomic E-state index is 12.0. The van der Waals surface area contributed by atoms with Crippen LogP contribution >= 0.6 is 11.6 Å². The third kappa shape index (κ3) is 4.42. The van der Waals surface area contributed by atoms with E-state index in [-0.39, 0.29) is 22.3 Å². The van der Waals surface area contributed by atoms with Gasteiger partial charge in [0.2, 0.25) is 0 Å². The number of halogens is 1. The number of hydrogen-bond donors (Lipinski definition) is 2. The van der Waals surface area contributed by atoms with Crippen LogP contribution in [-0.2, 0) is 0 Å². The van der Waals surface area contributed by atoms with Gasteiger partial charge in [-0.25, -0.2) is 9.59 Å². The standard InChI is InChI=1S/C14H19ClN2O3/c1-9(2)7-8-17(3)14(20)16-11-6-4-5-10(15)12(11)13(18)19/h4-6,9H,7-8H2,1-3H3,(H,16,20)(H,18,19). The molecule has 0 heterocycles. The topological polar surface area (TPSA) is 69.6 Å². The summed E-state index contributed by atoms with van der Waals surface area (Å²) in [4.78, 5) is 24.7. The Morgan fingerprint density at radius 2 is 2.05 bits per heavy atom. The summed E-state index contributed by atoms with van der Waals surface area (Å²) in [5.74, 6) is -0.679. The first-order valence-corrected chi connectivity index (χ1v) is 6.74. The molecule has 1 rings (SSSR count). The van der Waals surface area contributed by atoms with Crippen LogP contribution in [0.4, 0.5) is 10.5 Å². The molecule has 1 aromatic rings. The Hall–Kier alpha value is -1.75. The van der Waals surface area contributed by atoms with Crippen molar-refractivity contribution in [2.75, 3.05) is 18.9 Å². The Kier molecular flexibility index (Phi) is 5.82. The van der Waals surface area contributed by atoms with Gasteiger partial charge in [-0.05, 0) is 24.5 Å². The Morgan fingerprint density at radius 1 is 1.40 bits per heavy atom.